The number of aliphatic hydroxyl groups is 1. The summed E-state index contributed by atoms with van der Waals surface area (Å²) < 4.78 is 14.6. The van der Waals surface area contributed by atoms with E-state index in [9.17, 15) is 9.90 Å². The van der Waals surface area contributed by atoms with Crippen molar-refractivity contribution in [2.24, 2.45) is 17.8 Å². The summed E-state index contributed by atoms with van der Waals surface area (Å²) in [6.45, 7) is 0.453. The van der Waals surface area contributed by atoms with E-state index < -0.39 is 6.29 Å². The minimum atomic E-state index is -0.626. The van der Waals surface area contributed by atoms with Gasteiger partial charge in [0.25, 0.3) is 0 Å². The molecule has 1 aromatic heterocycles. The number of aliphatic hydroxyl groups excluding tert-OH is 1. The lowest BCUT2D eigenvalue weighted by atomic mass is 9.53. The van der Waals surface area contributed by atoms with Gasteiger partial charge >= 0.3 is 6.03 Å². The topological polar surface area (TPSA) is 97.6 Å². The average molecular weight is 612 g/mol. The second-order valence-corrected chi connectivity index (χ2v) is 13.4. The number of urea groups is 1. The Labute approximate surface area is 255 Å². The molecule has 1 saturated heterocycles. The number of anilines is 1. The van der Waals surface area contributed by atoms with Gasteiger partial charge in [-0.25, -0.2) is 9.78 Å². The lowest BCUT2D eigenvalue weighted by Gasteiger charge is -2.56. The zero-order valence-corrected chi connectivity index (χ0v) is 24.9. The van der Waals surface area contributed by atoms with Crippen molar-refractivity contribution in [3.63, 3.8) is 0 Å². The zero-order chi connectivity index (χ0) is 28.8. The number of imidazole rings is 1. The number of carbonyl (C=O) groups is 1. The smallest absolute Gasteiger partial charge is 0.319 e. The summed E-state index contributed by atoms with van der Waals surface area (Å²) in [4.78, 5) is 17.2. The molecule has 5 aliphatic rings. The molecule has 3 aromatic rings. The molecule has 5 fully saturated rings. The summed E-state index contributed by atoms with van der Waals surface area (Å²) >= 11 is 12.4. The molecule has 4 bridgehead atoms. The van der Waals surface area contributed by atoms with Gasteiger partial charge in [0.2, 0.25) is 0 Å². The molecule has 4 saturated carbocycles. The van der Waals surface area contributed by atoms with Crippen LogP contribution >= 0.6 is 23.2 Å². The fourth-order valence-electron chi connectivity index (χ4n) is 8.11. The molecule has 2 amide bonds. The lowest BCUT2D eigenvalue weighted by molar-refractivity contribution is -0.252. The second-order valence-electron chi connectivity index (χ2n) is 12.7. The van der Waals surface area contributed by atoms with Gasteiger partial charge in [-0.05, 0) is 79.5 Å². The van der Waals surface area contributed by atoms with Gasteiger partial charge in [-0.2, -0.15) is 0 Å². The highest BCUT2D eigenvalue weighted by Gasteiger charge is 2.51. The Bertz CT molecular complexity index is 1390. The summed E-state index contributed by atoms with van der Waals surface area (Å²) in [6, 6.07) is 15.3. The molecular weight excluding hydrogens is 575 g/mol. The summed E-state index contributed by atoms with van der Waals surface area (Å²) in [5.41, 5.74) is 3.38. The Morgan fingerprint density at radius 1 is 0.929 bits per heavy atom. The van der Waals surface area contributed by atoms with Crippen molar-refractivity contribution in [3.8, 4) is 0 Å². The van der Waals surface area contributed by atoms with Gasteiger partial charge in [0.05, 0.1) is 31.7 Å². The number of benzene rings is 2. The number of halogens is 2. The first-order valence-corrected chi connectivity index (χ1v) is 15.7. The lowest BCUT2D eigenvalue weighted by Crippen LogP contribution is -2.60. The molecule has 4 aliphatic carbocycles. The molecule has 2 aromatic carbocycles. The van der Waals surface area contributed by atoms with Crippen LogP contribution in [0.4, 0.5) is 10.5 Å². The Hall–Kier alpha value is -2.62. The Kier molecular flexibility index (Phi) is 7.69. The average Bonchev–Trinajstić information content (AvgIpc) is 3.28. The van der Waals surface area contributed by atoms with Crippen LogP contribution in [0.2, 0.25) is 10.3 Å². The summed E-state index contributed by atoms with van der Waals surface area (Å²) in [5.74, 6) is 2.31. The molecule has 42 heavy (non-hydrogen) atoms. The van der Waals surface area contributed by atoms with Gasteiger partial charge < -0.3 is 29.8 Å². The maximum Gasteiger partial charge on any atom is 0.319 e. The van der Waals surface area contributed by atoms with Crippen molar-refractivity contribution in [1.82, 2.24) is 14.9 Å². The Morgan fingerprint density at radius 3 is 2.17 bits per heavy atom. The SMILES string of the molecule is O=C(Nc1ccc([C@@H]2O[C@H](Cn3cnc(Cl)c3Cl)C[C@H](c3ccc(CO)cc3)O2)cc1)NC12CC3CC(CC(C3)C1)C2. The van der Waals surface area contributed by atoms with Crippen molar-refractivity contribution in [1.29, 1.82) is 0 Å². The van der Waals surface area contributed by atoms with Crippen LogP contribution < -0.4 is 10.6 Å². The van der Waals surface area contributed by atoms with Crippen LogP contribution in [-0.2, 0) is 22.6 Å². The van der Waals surface area contributed by atoms with Crippen molar-refractivity contribution in [2.75, 3.05) is 5.32 Å². The van der Waals surface area contributed by atoms with Gasteiger partial charge in [-0.3, -0.25) is 0 Å². The van der Waals surface area contributed by atoms with Crippen molar-refractivity contribution >= 4 is 34.9 Å². The van der Waals surface area contributed by atoms with Gasteiger partial charge in [0.15, 0.2) is 11.4 Å². The number of nitrogens with one attached hydrogen (secondary N) is 2. The minimum absolute atomic E-state index is 0.0129. The van der Waals surface area contributed by atoms with Crippen molar-refractivity contribution in [3.05, 3.63) is 81.9 Å². The van der Waals surface area contributed by atoms with E-state index in [1.165, 1.54) is 19.3 Å². The second kappa shape index (κ2) is 11.5. The molecular formula is C32H36Cl2N4O4. The largest absolute Gasteiger partial charge is 0.392 e. The van der Waals surface area contributed by atoms with Gasteiger partial charge in [0, 0.05) is 23.2 Å². The van der Waals surface area contributed by atoms with E-state index in [4.69, 9.17) is 32.7 Å². The Balaban J connectivity index is 1.04. The number of rotatable bonds is 7. The molecule has 0 radical (unpaired) electrons. The van der Waals surface area contributed by atoms with Crippen LogP contribution in [0.1, 0.15) is 74.0 Å². The van der Waals surface area contributed by atoms with E-state index in [1.54, 1.807) is 10.9 Å². The zero-order valence-electron chi connectivity index (χ0n) is 23.3. The molecule has 8 rings (SSSR count). The minimum Gasteiger partial charge on any atom is -0.392 e. The fraction of sp³-hybridized carbons (Fsp3) is 0.500. The number of nitrogens with zero attached hydrogens (tertiary/aromatic N) is 2. The summed E-state index contributed by atoms with van der Waals surface area (Å²) in [7, 11) is 0. The molecule has 8 nitrogen and oxygen atoms in total. The van der Waals surface area contributed by atoms with E-state index in [0.29, 0.717) is 18.1 Å². The number of aromatic nitrogens is 2. The number of amides is 2. The molecule has 222 valence electrons. The molecule has 0 spiro atoms. The highest BCUT2D eigenvalue weighted by atomic mass is 35.5. The van der Waals surface area contributed by atoms with Gasteiger partial charge in [0.1, 0.15) is 5.15 Å². The van der Waals surface area contributed by atoms with E-state index in [2.05, 4.69) is 15.6 Å². The third-order valence-electron chi connectivity index (χ3n) is 9.61. The predicted octanol–water partition coefficient (Wildman–Crippen LogP) is 7.02. The van der Waals surface area contributed by atoms with Gasteiger partial charge in [-0.1, -0.05) is 59.6 Å². The number of carbonyl (C=O) groups excluding carboxylic acids is 1. The van der Waals surface area contributed by atoms with E-state index >= 15 is 0 Å². The number of hydrogen-bond acceptors (Lipinski definition) is 5. The van der Waals surface area contributed by atoms with Crippen LogP contribution in [-0.4, -0.2) is 32.3 Å². The molecule has 3 N–H and O–H groups in total. The van der Waals surface area contributed by atoms with Crippen LogP contribution in [0.15, 0.2) is 54.9 Å². The first-order valence-electron chi connectivity index (χ1n) is 14.9. The molecule has 2 heterocycles. The normalized spacial score (nSPS) is 31.7. The Morgan fingerprint density at radius 2 is 1.57 bits per heavy atom. The third-order valence-corrected chi connectivity index (χ3v) is 10.4. The molecule has 1 aliphatic heterocycles. The quantitative estimate of drug-likeness (QED) is 0.267. The molecule has 3 atom stereocenters. The maximum absolute atomic E-state index is 13.1. The monoisotopic (exact) mass is 610 g/mol. The van der Waals surface area contributed by atoms with E-state index in [0.717, 1.165) is 59.4 Å². The van der Waals surface area contributed by atoms with Crippen LogP contribution in [0.25, 0.3) is 0 Å². The first kappa shape index (κ1) is 28.2. The van der Waals surface area contributed by atoms with E-state index in [-0.39, 0.29) is 35.5 Å². The third kappa shape index (κ3) is 5.80. The number of ether oxygens (including phenoxy) is 2. The summed E-state index contributed by atoms with van der Waals surface area (Å²) in [6.07, 6.45) is 8.50. The predicted molar refractivity (Wildman–Crippen MR) is 160 cm³/mol. The van der Waals surface area contributed by atoms with E-state index in [1.807, 2.05) is 48.5 Å². The highest BCUT2D eigenvalue weighted by molar-refractivity contribution is 6.40. The van der Waals surface area contributed by atoms with Gasteiger partial charge in [-0.15, -0.1) is 0 Å². The number of hydrogen-bond donors (Lipinski definition) is 3. The summed E-state index contributed by atoms with van der Waals surface area (Å²) in [5, 5.41) is 16.5. The highest BCUT2D eigenvalue weighted by Crippen LogP contribution is 2.55. The molecule has 10 heteroatoms. The van der Waals surface area contributed by atoms with Crippen LogP contribution in [0.5, 0.6) is 0 Å². The van der Waals surface area contributed by atoms with Crippen LogP contribution in [0.3, 0.4) is 0 Å². The standard InChI is InChI=1S/C32H36Cl2N4O4/c33-28-29(34)38(18-35-28)16-26-12-27(23-3-1-19(17-39)2-4-23)42-30(41-26)24-5-7-25(8-6-24)36-31(40)37-32-13-20-9-21(14-32)11-22(10-20)15-32/h1-8,18,20-22,26-27,30,39H,9-17H2,(H2,36,37,40)/t20?,21?,22?,26-,27+,30+,32?/m0/s1. The fourth-order valence-corrected chi connectivity index (χ4v) is 8.43. The van der Waals surface area contributed by atoms with Crippen LogP contribution in [0, 0.1) is 17.8 Å². The maximum atomic E-state index is 13.1. The molecule has 0 unspecified atom stereocenters. The van der Waals surface area contributed by atoms with Crippen molar-refractivity contribution < 1.29 is 19.4 Å². The first-order chi connectivity index (χ1) is 20.3. The van der Waals surface area contributed by atoms with Crippen molar-refractivity contribution in [2.45, 2.75) is 82.1 Å².